The van der Waals surface area contributed by atoms with Crippen LogP contribution in [-0.4, -0.2) is 34.1 Å². The molecule has 1 aromatic carbocycles. The number of pyridine rings is 1. The van der Waals surface area contributed by atoms with Gasteiger partial charge < -0.3 is 14.6 Å². The lowest BCUT2D eigenvalue weighted by Crippen LogP contribution is -2.48. The predicted molar refractivity (Wildman–Crippen MR) is 119 cm³/mol. The number of fused-ring (bicyclic) bond motifs is 6. The van der Waals surface area contributed by atoms with E-state index in [9.17, 15) is 18.4 Å². The number of nitrogens with one attached hydrogen (secondary N) is 1. The highest BCUT2D eigenvalue weighted by Gasteiger charge is 2.48. The summed E-state index contributed by atoms with van der Waals surface area (Å²) >= 11 is 0. The number of piperidine rings is 1. The van der Waals surface area contributed by atoms with Crippen LogP contribution in [0.15, 0.2) is 29.2 Å². The van der Waals surface area contributed by atoms with Crippen LogP contribution in [0.1, 0.15) is 60.6 Å². The Morgan fingerprint density at radius 3 is 2.91 bits per heavy atom. The molecule has 2 bridgehead atoms. The molecule has 3 atom stereocenters. The molecule has 2 aromatic rings. The van der Waals surface area contributed by atoms with Crippen LogP contribution >= 0.6 is 0 Å². The molecule has 1 N–H and O–H groups in total. The SMILES string of the molecule is CCCCOc1c2n(cc(C(=O)NCc3ccc(F)cc3F)c1=O)C[C@@H]1[C@H]3CC[C@H](C3)N1C2. The van der Waals surface area contributed by atoms with Crippen molar-refractivity contribution < 1.29 is 18.3 Å². The van der Waals surface area contributed by atoms with Crippen molar-refractivity contribution in [2.24, 2.45) is 5.92 Å². The van der Waals surface area contributed by atoms with Gasteiger partial charge in [-0.05, 0) is 37.7 Å². The van der Waals surface area contributed by atoms with E-state index >= 15 is 0 Å². The Morgan fingerprint density at radius 1 is 1.27 bits per heavy atom. The van der Waals surface area contributed by atoms with Crippen molar-refractivity contribution in [2.75, 3.05) is 6.61 Å². The topological polar surface area (TPSA) is 63.6 Å². The largest absolute Gasteiger partial charge is 0.488 e. The van der Waals surface area contributed by atoms with Gasteiger partial charge in [-0.2, -0.15) is 0 Å². The average molecular weight is 458 g/mol. The second-order valence-electron chi connectivity index (χ2n) is 9.39. The van der Waals surface area contributed by atoms with Crippen molar-refractivity contribution in [2.45, 2.75) is 70.7 Å². The van der Waals surface area contributed by atoms with Crippen LogP contribution in [0, 0.1) is 17.6 Å². The highest BCUT2D eigenvalue weighted by molar-refractivity contribution is 5.94. The lowest BCUT2D eigenvalue weighted by atomic mass is 9.96. The molecule has 2 fully saturated rings. The van der Waals surface area contributed by atoms with Gasteiger partial charge in [-0.3, -0.25) is 14.5 Å². The van der Waals surface area contributed by atoms with Gasteiger partial charge in [0.2, 0.25) is 5.43 Å². The minimum atomic E-state index is -0.738. The van der Waals surface area contributed by atoms with Gasteiger partial charge in [0, 0.05) is 49.5 Å². The van der Waals surface area contributed by atoms with Crippen LogP contribution in [0.2, 0.25) is 0 Å². The molecule has 3 heterocycles. The van der Waals surface area contributed by atoms with E-state index in [0.717, 1.165) is 37.2 Å². The average Bonchev–Trinajstić information content (AvgIpc) is 3.41. The van der Waals surface area contributed by atoms with Crippen LogP contribution in [0.5, 0.6) is 5.75 Å². The molecular weight excluding hydrogens is 428 g/mol. The van der Waals surface area contributed by atoms with Gasteiger partial charge in [0.1, 0.15) is 17.2 Å². The number of carbonyl (C=O) groups is 1. The van der Waals surface area contributed by atoms with Gasteiger partial charge in [-0.15, -0.1) is 0 Å². The minimum absolute atomic E-state index is 0.00984. The molecule has 1 aromatic heterocycles. The van der Waals surface area contributed by atoms with Gasteiger partial charge in [0.25, 0.3) is 5.91 Å². The lowest BCUT2D eigenvalue weighted by molar-refractivity contribution is 0.0869. The number of hydrogen-bond donors (Lipinski definition) is 1. The Morgan fingerprint density at radius 2 is 2.12 bits per heavy atom. The fourth-order valence-corrected chi connectivity index (χ4v) is 5.63. The first-order chi connectivity index (χ1) is 16.0. The zero-order chi connectivity index (χ0) is 23.1. The van der Waals surface area contributed by atoms with Gasteiger partial charge in [0.15, 0.2) is 5.75 Å². The lowest BCUT2D eigenvalue weighted by Gasteiger charge is -2.41. The number of halogens is 2. The Balaban J connectivity index is 1.43. The van der Waals surface area contributed by atoms with Crippen LogP contribution in [0.3, 0.4) is 0 Å². The summed E-state index contributed by atoms with van der Waals surface area (Å²) in [7, 11) is 0. The normalized spacial score (nSPS) is 23.3. The van der Waals surface area contributed by atoms with Crippen molar-refractivity contribution in [3.63, 3.8) is 0 Å². The first-order valence-corrected chi connectivity index (χ1v) is 11.8. The molecule has 2 aliphatic heterocycles. The van der Waals surface area contributed by atoms with E-state index in [1.54, 1.807) is 6.20 Å². The van der Waals surface area contributed by atoms with E-state index < -0.39 is 23.0 Å². The summed E-state index contributed by atoms with van der Waals surface area (Å²) < 4.78 is 35.1. The molecule has 3 aliphatic rings. The summed E-state index contributed by atoms with van der Waals surface area (Å²) in [6.45, 7) is 3.72. The van der Waals surface area contributed by atoms with Gasteiger partial charge >= 0.3 is 0 Å². The molecule has 0 unspecified atom stereocenters. The van der Waals surface area contributed by atoms with Gasteiger partial charge in [-0.25, -0.2) is 8.78 Å². The zero-order valence-corrected chi connectivity index (χ0v) is 18.8. The Labute approximate surface area is 191 Å². The summed E-state index contributed by atoms with van der Waals surface area (Å²) in [5.74, 6) is -1.10. The summed E-state index contributed by atoms with van der Waals surface area (Å²) in [5.41, 5.74) is 0.544. The quantitative estimate of drug-likeness (QED) is 0.646. The van der Waals surface area contributed by atoms with Crippen LogP contribution < -0.4 is 15.5 Å². The van der Waals surface area contributed by atoms with E-state index in [1.165, 1.54) is 25.3 Å². The number of amides is 1. The third-order valence-electron chi connectivity index (χ3n) is 7.39. The Kier molecular flexibility index (Phi) is 5.95. The van der Waals surface area contributed by atoms with E-state index in [-0.39, 0.29) is 23.4 Å². The molecule has 1 amide bonds. The molecule has 0 spiro atoms. The first kappa shape index (κ1) is 22.1. The van der Waals surface area contributed by atoms with Crippen molar-refractivity contribution in [3.8, 4) is 5.75 Å². The maximum atomic E-state index is 14.0. The number of aromatic nitrogens is 1. The summed E-state index contributed by atoms with van der Waals surface area (Å²) in [5, 5.41) is 2.61. The first-order valence-electron chi connectivity index (χ1n) is 11.8. The smallest absolute Gasteiger partial charge is 0.257 e. The van der Waals surface area contributed by atoms with Crippen molar-refractivity contribution in [1.82, 2.24) is 14.8 Å². The molecule has 0 radical (unpaired) electrons. The zero-order valence-electron chi connectivity index (χ0n) is 18.8. The minimum Gasteiger partial charge on any atom is -0.488 e. The van der Waals surface area contributed by atoms with E-state index in [4.69, 9.17) is 4.74 Å². The maximum Gasteiger partial charge on any atom is 0.257 e. The third-order valence-corrected chi connectivity index (χ3v) is 7.39. The molecule has 1 saturated carbocycles. The predicted octanol–water partition coefficient (Wildman–Crippen LogP) is 3.60. The standard InChI is InChI=1S/C25H29F2N3O3/c1-2-3-8-33-24-22-14-30-18-7-5-15(9-18)21(30)13-29(22)12-19(23(24)31)25(32)28-11-16-4-6-17(26)10-20(16)27/h4,6,10,12,15,18,21H,2-3,5,7-9,11,13-14H2,1H3,(H,28,32)/t15-,18+,21+/m0/s1. The molecule has 6 nitrogen and oxygen atoms in total. The Hall–Kier alpha value is -2.74. The molecule has 176 valence electrons. The van der Waals surface area contributed by atoms with Crippen LogP contribution in [-0.2, 0) is 19.6 Å². The van der Waals surface area contributed by atoms with Crippen molar-refractivity contribution in [1.29, 1.82) is 0 Å². The highest BCUT2D eigenvalue weighted by Crippen LogP contribution is 2.46. The second kappa shape index (κ2) is 8.89. The number of hydrogen-bond acceptors (Lipinski definition) is 4. The number of ether oxygens (including phenoxy) is 1. The Bertz CT molecular complexity index is 1130. The summed E-state index contributed by atoms with van der Waals surface area (Å²) in [6.07, 6.45) is 7.02. The summed E-state index contributed by atoms with van der Waals surface area (Å²) in [4.78, 5) is 28.8. The number of nitrogens with zero attached hydrogens (tertiary/aromatic N) is 2. The monoisotopic (exact) mass is 457 g/mol. The molecular formula is C25H29F2N3O3. The highest BCUT2D eigenvalue weighted by atomic mass is 19.1. The van der Waals surface area contributed by atoms with Crippen molar-refractivity contribution >= 4 is 5.91 Å². The van der Waals surface area contributed by atoms with E-state index in [1.807, 2.05) is 4.57 Å². The number of carbonyl (C=O) groups excluding carboxylic acids is 1. The van der Waals surface area contributed by atoms with Crippen LogP contribution in [0.25, 0.3) is 0 Å². The molecule has 8 heteroatoms. The second-order valence-corrected chi connectivity index (χ2v) is 9.39. The number of rotatable bonds is 7. The van der Waals surface area contributed by atoms with E-state index in [0.29, 0.717) is 31.2 Å². The maximum absolute atomic E-state index is 14.0. The van der Waals surface area contributed by atoms with Gasteiger partial charge in [0.05, 0.1) is 12.3 Å². The fourth-order valence-electron chi connectivity index (χ4n) is 5.63. The molecule has 1 aliphatic carbocycles. The van der Waals surface area contributed by atoms with Crippen LogP contribution in [0.4, 0.5) is 8.78 Å². The third kappa shape index (κ3) is 4.05. The van der Waals surface area contributed by atoms with E-state index in [2.05, 4.69) is 17.1 Å². The molecule has 5 rings (SSSR count). The fraction of sp³-hybridized carbons (Fsp3) is 0.520. The molecule has 33 heavy (non-hydrogen) atoms. The van der Waals surface area contributed by atoms with Gasteiger partial charge in [-0.1, -0.05) is 19.4 Å². The number of unbranched alkanes of at least 4 members (excludes halogenated alkanes) is 1. The summed E-state index contributed by atoms with van der Waals surface area (Å²) in [6, 6.07) is 4.19. The molecule has 1 saturated heterocycles. The number of benzene rings is 1. The van der Waals surface area contributed by atoms with Crippen molar-refractivity contribution in [3.05, 3.63) is 63.1 Å².